The first-order valence-electron chi connectivity index (χ1n) is 12.0. The molecule has 0 radical (unpaired) electrons. The van der Waals surface area contributed by atoms with Crippen molar-refractivity contribution in [1.82, 2.24) is 20.5 Å². The van der Waals surface area contributed by atoms with Gasteiger partial charge in [0.15, 0.2) is 5.01 Å². The number of carboxylic acids is 1. The van der Waals surface area contributed by atoms with Crippen molar-refractivity contribution < 1.29 is 29.0 Å². The molecule has 1 aromatic carbocycles. The van der Waals surface area contributed by atoms with Gasteiger partial charge in [0.25, 0.3) is 5.91 Å². The number of thiazole rings is 1. The van der Waals surface area contributed by atoms with Crippen LogP contribution in [0.15, 0.2) is 30.3 Å². The number of aryl methyl sites for hydroxylation is 1. The van der Waals surface area contributed by atoms with E-state index in [4.69, 9.17) is 9.84 Å². The molecule has 0 aliphatic carbocycles. The normalized spacial score (nSPS) is 12.8. The predicted octanol–water partition coefficient (Wildman–Crippen LogP) is 2.34. The maximum atomic E-state index is 12.6. The monoisotopic (exact) mass is 518 g/mol. The Morgan fingerprint density at radius 1 is 1.14 bits per heavy atom. The van der Waals surface area contributed by atoms with Gasteiger partial charge in [-0.05, 0) is 12.8 Å². The molecule has 1 fully saturated rings. The molecule has 1 saturated heterocycles. The Hall–Kier alpha value is -3.31. The van der Waals surface area contributed by atoms with Crippen LogP contribution >= 0.6 is 11.3 Å². The number of hydrogen-bond acceptors (Lipinski definition) is 8. The first kappa shape index (κ1) is 28.9. The number of nitrogens with one attached hydrogen (secondary N) is 2. The summed E-state index contributed by atoms with van der Waals surface area (Å²) in [5.74, 6) is -1.50. The fraction of sp³-hybridized carbons (Fsp3) is 0.480. The Bertz CT molecular complexity index is 1010. The second-order valence-corrected chi connectivity index (χ2v) is 9.13. The van der Waals surface area contributed by atoms with E-state index in [1.54, 1.807) is 4.90 Å². The summed E-state index contributed by atoms with van der Waals surface area (Å²) in [5, 5.41) is 14.2. The summed E-state index contributed by atoms with van der Waals surface area (Å²) < 4.78 is 4.71. The lowest BCUT2D eigenvalue weighted by Crippen LogP contribution is -2.49. The highest BCUT2D eigenvalue weighted by atomic mass is 32.1. The van der Waals surface area contributed by atoms with E-state index in [-0.39, 0.29) is 35.8 Å². The number of piperazine rings is 1. The number of carboxylic acid groups (broad SMARTS) is 1. The van der Waals surface area contributed by atoms with E-state index in [1.807, 2.05) is 37.3 Å². The van der Waals surface area contributed by atoms with Crippen LogP contribution in [0.3, 0.4) is 0 Å². The highest BCUT2D eigenvalue weighted by Crippen LogP contribution is 2.29. The van der Waals surface area contributed by atoms with Gasteiger partial charge in [-0.15, -0.1) is 11.3 Å². The van der Waals surface area contributed by atoms with E-state index in [2.05, 4.69) is 15.6 Å². The van der Waals surface area contributed by atoms with Crippen molar-refractivity contribution in [3.8, 4) is 11.3 Å². The molecule has 1 aliphatic heterocycles. The van der Waals surface area contributed by atoms with Gasteiger partial charge in [-0.1, -0.05) is 43.7 Å². The van der Waals surface area contributed by atoms with Crippen molar-refractivity contribution in [2.75, 3.05) is 39.8 Å². The number of ether oxygens (including phenoxy) is 1. The second-order valence-electron chi connectivity index (χ2n) is 8.04. The van der Waals surface area contributed by atoms with Crippen LogP contribution < -0.4 is 10.6 Å². The summed E-state index contributed by atoms with van der Waals surface area (Å²) in [6, 6.07) is 9.51. The molecule has 2 amide bonds. The Kier molecular flexibility index (Phi) is 12.6. The van der Waals surface area contributed by atoms with Gasteiger partial charge in [-0.2, -0.15) is 0 Å². The minimum absolute atomic E-state index is 0.0590. The standard InChI is InChI=1S/C20H24N4O4S.C5H10O2/c1-28-17(26)8-7-15-18(14-5-3-2-4-6-14)23-20(29-15)19(27)22-13-16(25)24-11-9-21-10-12-24;1-2-3-4-5(6)7/h2-6,21H,7-13H2,1H3,(H,22,27);2-4H2,1H3,(H,6,7). The SMILES string of the molecule is CCCCC(=O)O.COC(=O)CCc1sc(C(=O)NCC(=O)N2CCNCC2)nc1-c1ccccc1. The van der Waals surface area contributed by atoms with Crippen LogP contribution in [0.2, 0.25) is 0 Å². The molecule has 2 heterocycles. The fourth-order valence-corrected chi connectivity index (χ4v) is 4.34. The van der Waals surface area contributed by atoms with Crippen LogP contribution in [-0.4, -0.2) is 78.6 Å². The molecule has 36 heavy (non-hydrogen) atoms. The molecule has 0 unspecified atom stereocenters. The summed E-state index contributed by atoms with van der Waals surface area (Å²) in [5.41, 5.74) is 1.55. The van der Waals surface area contributed by atoms with Crippen molar-refractivity contribution in [3.05, 3.63) is 40.2 Å². The van der Waals surface area contributed by atoms with Gasteiger partial charge in [-0.25, -0.2) is 4.98 Å². The number of methoxy groups -OCH3 is 1. The van der Waals surface area contributed by atoms with Crippen LogP contribution in [0.1, 0.15) is 47.3 Å². The minimum Gasteiger partial charge on any atom is -0.481 e. The Morgan fingerprint density at radius 2 is 1.83 bits per heavy atom. The molecule has 1 aromatic heterocycles. The molecular weight excluding hydrogens is 484 g/mol. The number of aliphatic carboxylic acids is 1. The number of hydrogen-bond donors (Lipinski definition) is 3. The Balaban J connectivity index is 0.000000572. The number of carbonyl (C=O) groups is 4. The molecule has 3 rings (SSSR count). The molecule has 1 aliphatic rings. The van der Waals surface area contributed by atoms with Crippen molar-refractivity contribution in [2.45, 2.75) is 39.0 Å². The van der Waals surface area contributed by atoms with Crippen molar-refractivity contribution in [1.29, 1.82) is 0 Å². The maximum absolute atomic E-state index is 12.6. The van der Waals surface area contributed by atoms with Crippen molar-refractivity contribution in [3.63, 3.8) is 0 Å². The molecule has 0 bridgehead atoms. The summed E-state index contributed by atoms with van der Waals surface area (Å²) in [6.45, 7) is 4.72. The lowest BCUT2D eigenvalue weighted by molar-refractivity contribution is -0.140. The van der Waals surface area contributed by atoms with E-state index in [0.717, 1.165) is 36.4 Å². The molecule has 196 valence electrons. The highest BCUT2D eigenvalue weighted by molar-refractivity contribution is 7.14. The van der Waals surface area contributed by atoms with Gasteiger partial charge in [-0.3, -0.25) is 19.2 Å². The average molecular weight is 519 g/mol. The number of nitrogens with zero attached hydrogens (tertiary/aromatic N) is 2. The van der Waals surface area contributed by atoms with Gasteiger partial charge in [0.05, 0.1) is 25.8 Å². The predicted molar refractivity (Wildman–Crippen MR) is 137 cm³/mol. The third-order valence-corrected chi connectivity index (χ3v) is 6.45. The molecule has 0 saturated carbocycles. The summed E-state index contributed by atoms with van der Waals surface area (Å²) in [4.78, 5) is 53.2. The number of amides is 2. The summed E-state index contributed by atoms with van der Waals surface area (Å²) in [6.07, 6.45) is 2.72. The largest absolute Gasteiger partial charge is 0.481 e. The quantitative estimate of drug-likeness (QED) is 0.408. The van der Waals surface area contributed by atoms with Crippen molar-refractivity contribution >= 4 is 35.1 Å². The van der Waals surface area contributed by atoms with Gasteiger partial charge in [0.1, 0.15) is 0 Å². The average Bonchev–Trinajstić information content (AvgIpc) is 3.34. The number of benzene rings is 1. The van der Waals surface area contributed by atoms with E-state index >= 15 is 0 Å². The zero-order valence-corrected chi connectivity index (χ0v) is 21.6. The van der Waals surface area contributed by atoms with Crippen LogP contribution in [0.25, 0.3) is 11.3 Å². The smallest absolute Gasteiger partial charge is 0.305 e. The van der Waals surface area contributed by atoms with Gasteiger partial charge >= 0.3 is 11.9 Å². The zero-order valence-electron chi connectivity index (χ0n) is 20.7. The topological polar surface area (TPSA) is 138 Å². The van der Waals surface area contributed by atoms with E-state index in [1.165, 1.54) is 18.4 Å². The number of esters is 1. The van der Waals surface area contributed by atoms with E-state index in [0.29, 0.717) is 31.6 Å². The van der Waals surface area contributed by atoms with Crippen molar-refractivity contribution in [2.24, 2.45) is 0 Å². The lowest BCUT2D eigenvalue weighted by atomic mass is 10.1. The lowest BCUT2D eigenvalue weighted by Gasteiger charge is -2.27. The third kappa shape index (κ3) is 9.74. The first-order valence-corrected chi connectivity index (χ1v) is 12.8. The molecular formula is C25H34N4O6S. The van der Waals surface area contributed by atoms with E-state index < -0.39 is 5.97 Å². The van der Waals surface area contributed by atoms with Crippen LogP contribution in [-0.2, 0) is 25.5 Å². The number of carbonyl (C=O) groups excluding carboxylic acids is 3. The highest BCUT2D eigenvalue weighted by Gasteiger charge is 2.21. The molecule has 0 spiro atoms. The van der Waals surface area contributed by atoms with E-state index in [9.17, 15) is 19.2 Å². The van der Waals surface area contributed by atoms with Gasteiger partial charge < -0.3 is 25.4 Å². The number of unbranched alkanes of at least 4 members (excludes halogenated alkanes) is 1. The number of aromatic nitrogens is 1. The van der Waals surface area contributed by atoms with Crippen LogP contribution in [0.4, 0.5) is 0 Å². The summed E-state index contributed by atoms with van der Waals surface area (Å²) >= 11 is 1.24. The molecule has 2 aromatic rings. The third-order valence-electron chi connectivity index (χ3n) is 5.34. The molecule has 3 N–H and O–H groups in total. The Labute approximate surface area is 215 Å². The Morgan fingerprint density at radius 3 is 2.42 bits per heavy atom. The first-order chi connectivity index (χ1) is 17.3. The van der Waals surface area contributed by atoms with Gasteiger partial charge in [0.2, 0.25) is 5.91 Å². The summed E-state index contributed by atoms with van der Waals surface area (Å²) in [7, 11) is 1.35. The fourth-order valence-electron chi connectivity index (χ4n) is 3.34. The minimum atomic E-state index is -0.693. The second kappa shape index (κ2) is 15.6. The molecule has 11 heteroatoms. The van der Waals surface area contributed by atoms with Gasteiger partial charge in [0, 0.05) is 43.0 Å². The molecule has 0 atom stereocenters. The van der Waals surface area contributed by atoms with Crippen LogP contribution in [0, 0.1) is 0 Å². The maximum Gasteiger partial charge on any atom is 0.305 e. The number of rotatable bonds is 10. The zero-order chi connectivity index (χ0) is 26.3. The molecule has 10 nitrogen and oxygen atoms in total. The van der Waals surface area contributed by atoms with Crippen LogP contribution in [0.5, 0.6) is 0 Å².